The van der Waals surface area contributed by atoms with Crippen molar-refractivity contribution in [2.75, 3.05) is 18.0 Å². The number of nitrogens with zero attached hydrogens (tertiary/aromatic N) is 1. The monoisotopic (exact) mass is 326 g/mol. The molecule has 0 saturated carbocycles. The summed E-state index contributed by atoms with van der Waals surface area (Å²) in [6.45, 7) is 4.14. The van der Waals surface area contributed by atoms with Crippen molar-refractivity contribution in [1.29, 1.82) is 0 Å². The summed E-state index contributed by atoms with van der Waals surface area (Å²) in [4.78, 5) is 15.8. The molecule has 0 unspecified atom stereocenters. The van der Waals surface area contributed by atoms with Crippen LogP contribution in [-0.4, -0.2) is 24.2 Å². The Balaban J connectivity index is 1.63. The van der Waals surface area contributed by atoms with Gasteiger partial charge in [-0.3, -0.25) is 4.79 Å². The maximum Gasteiger partial charge on any atom is 0.239 e. The second kappa shape index (κ2) is 7.55. The lowest BCUT2D eigenvalue weighted by atomic mass is 10.2. The molecule has 0 radical (unpaired) electrons. The van der Waals surface area contributed by atoms with Crippen LogP contribution in [0.1, 0.15) is 18.9 Å². The largest absolute Gasteiger partial charge is 0.360 e. The molecule has 1 heterocycles. The minimum Gasteiger partial charge on any atom is -0.360 e. The summed E-state index contributed by atoms with van der Waals surface area (Å²) in [5.74, 6) is 0.0745. The first-order valence-electron chi connectivity index (χ1n) is 8.07. The molecule has 3 rings (SSSR count). The molecule has 4 heteroatoms. The maximum absolute atomic E-state index is 12.3. The summed E-state index contributed by atoms with van der Waals surface area (Å²) in [5.41, 5.74) is 2.30. The normalized spacial score (nSPS) is 16.7. The summed E-state index contributed by atoms with van der Waals surface area (Å²) < 4.78 is 0. The SMILES string of the molecule is CC[C@@H]1CN(CC(=O)NCc2ccccc2)c2ccccc2S1. The van der Waals surface area contributed by atoms with E-state index in [1.54, 1.807) is 0 Å². The van der Waals surface area contributed by atoms with Crippen LogP contribution in [0.2, 0.25) is 0 Å². The van der Waals surface area contributed by atoms with E-state index in [1.165, 1.54) is 10.6 Å². The first-order valence-corrected chi connectivity index (χ1v) is 8.95. The highest BCUT2D eigenvalue weighted by Crippen LogP contribution is 2.39. The number of rotatable bonds is 5. The Morgan fingerprint density at radius 2 is 1.91 bits per heavy atom. The van der Waals surface area contributed by atoms with Gasteiger partial charge in [0.1, 0.15) is 0 Å². The van der Waals surface area contributed by atoms with E-state index in [1.807, 2.05) is 48.2 Å². The molecule has 0 bridgehead atoms. The number of carbonyl (C=O) groups excluding carboxylic acids is 1. The fourth-order valence-corrected chi connectivity index (χ4v) is 4.02. The molecule has 0 aliphatic carbocycles. The van der Waals surface area contributed by atoms with Crippen LogP contribution < -0.4 is 10.2 Å². The van der Waals surface area contributed by atoms with E-state index in [0.29, 0.717) is 18.3 Å². The second-order valence-electron chi connectivity index (χ2n) is 5.76. The molecule has 120 valence electrons. The molecule has 2 aromatic carbocycles. The molecule has 0 spiro atoms. The number of anilines is 1. The third-order valence-corrected chi connectivity index (χ3v) is 5.46. The Hall–Kier alpha value is -1.94. The van der Waals surface area contributed by atoms with E-state index in [9.17, 15) is 4.79 Å². The fourth-order valence-electron chi connectivity index (χ4n) is 2.77. The Morgan fingerprint density at radius 1 is 1.17 bits per heavy atom. The van der Waals surface area contributed by atoms with Gasteiger partial charge in [0.15, 0.2) is 0 Å². The number of hydrogen-bond donors (Lipinski definition) is 1. The van der Waals surface area contributed by atoms with Gasteiger partial charge in [-0.15, -0.1) is 11.8 Å². The van der Waals surface area contributed by atoms with Crippen molar-refractivity contribution in [2.24, 2.45) is 0 Å². The van der Waals surface area contributed by atoms with E-state index in [-0.39, 0.29) is 5.91 Å². The lowest BCUT2D eigenvalue weighted by Crippen LogP contribution is -2.42. The molecular formula is C19H22N2OS. The van der Waals surface area contributed by atoms with Gasteiger partial charge in [-0.2, -0.15) is 0 Å². The Labute approximate surface area is 142 Å². The molecule has 1 atom stereocenters. The minimum absolute atomic E-state index is 0.0745. The van der Waals surface area contributed by atoms with Crippen molar-refractivity contribution in [3.05, 3.63) is 60.2 Å². The Morgan fingerprint density at radius 3 is 2.70 bits per heavy atom. The molecule has 0 fully saturated rings. The van der Waals surface area contributed by atoms with E-state index >= 15 is 0 Å². The van der Waals surface area contributed by atoms with Crippen LogP contribution in [-0.2, 0) is 11.3 Å². The molecule has 1 aliphatic heterocycles. The highest BCUT2D eigenvalue weighted by atomic mass is 32.2. The van der Waals surface area contributed by atoms with Crippen LogP contribution in [0.5, 0.6) is 0 Å². The molecule has 1 amide bonds. The highest BCUT2D eigenvalue weighted by Gasteiger charge is 2.24. The van der Waals surface area contributed by atoms with Gasteiger partial charge in [0.2, 0.25) is 5.91 Å². The summed E-state index contributed by atoms with van der Waals surface area (Å²) in [6.07, 6.45) is 1.11. The molecule has 1 aliphatic rings. The number of carbonyl (C=O) groups is 1. The second-order valence-corrected chi connectivity index (χ2v) is 7.10. The first-order chi connectivity index (χ1) is 11.3. The standard InChI is InChI=1S/C19H22N2OS/c1-2-16-13-21(17-10-6-7-11-18(17)23-16)14-19(22)20-12-15-8-4-3-5-9-15/h3-11,16H,2,12-14H2,1H3,(H,20,22)/t16-/m1/s1. The average Bonchev–Trinajstić information content (AvgIpc) is 2.60. The molecule has 2 aromatic rings. The van der Waals surface area contributed by atoms with Crippen molar-refractivity contribution in [1.82, 2.24) is 5.32 Å². The highest BCUT2D eigenvalue weighted by molar-refractivity contribution is 8.00. The van der Waals surface area contributed by atoms with E-state index in [4.69, 9.17) is 0 Å². The average molecular weight is 326 g/mol. The predicted molar refractivity (Wildman–Crippen MR) is 96.9 cm³/mol. The smallest absolute Gasteiger partial charge is 0.239 e. The molecule has 0 saturated heterocycles. The summed E-state index contributed by atoms with van der Waals surface area (Å²) in [6, 6.07) is 18.4. The number of amides is 1. The van der Waals surface area contributed by atoms with E-state index < -0.39 is 0 Å². The number of nitrogens with one attached hydrogen (secondary N) is 1. The van der Waals surface area contributed by atoms with Gasteiger partial charge in [0, 0.05) is 23.2 Å². The van der Waals surface area contributed by atoms with Gasteiger partial charge >= 0.3 is 0 Å². The van der Waals surface area contributed by atoms with Gasteiger partial charge in [-0.05, 0) is 24.1 Å². The van der Waals surface area contributed by atoms with Crippen LogP contribution in [0.15, 0.2) is 59.5 Å². The van der Waals surface area contributed by atoms with Crippen molar-refractivity contribution in [2.45, 2.75) is 30.0 Å². The number of hydrogen-bond acceptors (Lipinski definition) is 3. The number of thioether (sulfide) groups is 1. The lowest BCUT2D eigenvalue weighted by molar-refractivity contribution is -0.119. The molecule has 23 heavy (non-hydrogen) atoms. The molecule has 1 N–H and O–H groups in total. The van der Waals surface area contributed by atoms with Gasteiger partial charge in [-0.1, -0.05) is 49.4 Å². The Kier molecular flexibility index (Phi) is 5.23. The first kappa shape index (κ1) is 15.9. The molecular weight excluding hydrogens is 304 g/mol. The van der Waals surface area contributed by atoms with E-state index in [0.717, 1.165) is 18.5 Å². The molecule has 3 nitrogen and oxygen atoms in total. The minimum atomic E-state index is 0.0745. The molecule has 0 aromatic heterocycles. The zero-order chi connectivity index (χ0) is 16.1. The van der Waals surface area contributed by atoms with Crippen LogP contribution in [0, 0.1) is 0 Å². The van der Waals surface area contributed by atoms with Crippen molar-refractivity contribution < 1.29 is 4.79 Å². The van der Waals surface area contributed by atoms with Crippen LogP contribution in [0.3, 0.4) is 0 Å². The summed E-state index contributed by atoms with van der Waals surface area (Å²) in [5, 5.41) is 3.57. The van der Waals surface area contributed by atoms with Crippen LogP contribution in [0.4, 0.5) is 5.69 Å². The summed E-state index contributed by atoms with van der Waals surface area (Å²) in [7, 11) is 0. The number of fused-ring (bicyclic) bond motifs is 1. The quantitative estimate of drug-likeness (QED) is 0.909. The lowest BCUT2D eigenvalue weighted by Gasteiger charge is -2.34. The van der Waals surface area contributed by atoms with Crippen molar-refractivity contribution in [3.8, 4) is 0 Å². The zero-order valence-corrected chi connectivity index (χ0v) is 14.2. The Bertz CT molecular complexity index is 659. The summed E-state index contributed by atoms with van der Waals surface area (Å²) >= 11 is 1.92. The van der Waals surface area contributed by atoms with Gasteiger partial charge in [-0.25, -0.2) is 0 Å². The van der Waals surface area contributed by atoms with Gasteiger partial charge in [0.05, 0.1) is 12.2 Å². The van der Waals surface area contributed by atoms with E-state index in [2.05, 4.69) is 35.3 Å². The topological polar surface area (TPSA) is 32.3 Å². The van der Waals surface area contributed by atoms with Crippen molar-refractivity contribution in [3.63, 3.8) is 0 Å². The van der Waals surface area contributed by atoms with Gasteiger partial charge in [0.25, 0.3) is 0 Å². The predicted octanol–water partition coefficient (Wildman–Crippen LogP) is 3.69. The number of benzene rings is 2. The number of para-hydroxylation sites is 1. The van der Waals surface area contributed by atoms with Gasteiger partial charge < -0.3 is 10.2 Å². The fraction of sp³-hybridized carbons (Fsp3) is 0.316. The van der Waals surface area contributed by atoms with Crippen molar-refractivity contribution >= 4 is 23.4 Å². The zero-order valence-electron chi connectivity index (χ0n) is 13.4. The third kappa shape index (κ3) is 4.08. The maximum atomic E-state index is 12.3. The van der Waals surface area contributed by atoms with Crippen LogP contribution in [0.25, 0.3) is 0 Å². The third-order valence-electron chi connectivity index (χ3n) is 4.05. The van der Waals surface area contributed by atoms with Crippen LogP contribution >= 0.6 is 11.8 Å².